The van der Waals surface area contributed by atoms with Crippen LogP contribution in [0.4, 0.5) is 0 Å². The van der Waals surface area contributed by atoms with E-state index in [-0.39, 0.29) is 5.75 Å². The first-order chi connectivity index (χ1) is 6.16. The van der Waals surface area contributed by atoms with Gasteiger partial charge in [-0.1, -0.05) is 17.7 Å². The molecule has 0 spiro atoms. The van der Waals surface area contributed by atoms with Crippen LogP contribution in [0.2, 0.25) is 5.02 Å². The number of phenols is 1. The summed E-state index contributed by atoms with van der Waals surface area (Å²) in [5.41, 5.74) is 2.01. The molecule has 1 aromatic carbocycles. The molecule has 0 radical (unpaired) electrons. The van der Waals surface area contributed by atoms with E-state index in [9.17, 15) is 5.11 Å². The first kappa shape index (κ1) is 10.4. The monoisotopic (exact) mass is 199 g/mol. The van der Waals surface area contributed by atoms with E-state index in [4.69, 9.17) is 11.6 Å². The van der Waals surface area contributed by atoms with Crippen LogP contribution in [0.1, 0.15) is 11.1 Å². The molecule has 0 aliphatic carbocycles. The summed E-state index contributed by atoms with van der Waals surface area (Å²) < 4.78 is 0. The average Bonchev–Trinajstić information content (AvgIpc) is 2.12. The third-order valence-corrected chi connectivity index (χ3v) is 2.40. The summed E-state index contributed by atoms with van der Waals surface area (Å²) in [5.74, 6) is 0.219. The molecule has 2 nitrogen and oxygen atoms in total. The highest BCUT2D eigenvalue weighted by Crippen LogP contribution is 2.29. The molecular weight excluding hydrogens is 186 g/mol. The third-order valence-electron chi connectivity index (χ3n) is 2.09. The van der Waals surface area contributed by atoms with Gasteiger partial charge in [-0.2, -0.15) is 0 Å². The van der Waals surface area contributed by atoms with Crippen LogP contribution in [0.3, 0.4) is 0 Å². The highest BCUT2D eigenvalue weighted by molar-refractivity contribution is 6.32. The molecule has 0 saturated carbocycles. The highest BCUT2D eigenvalue weighted by Gasteiger charge is 2.07. The summed E-state index contributed by atoms with van der Waals surface area (Å²) >= 11 is 5.79. The number of rotatable bonds is 3. The summed E-state index contributed by atoms with van der Waals surface area (Å²) in [6.07, 6.45) is 0.800. The summed E-state index contributed by atoms with van der Waals surface area (Å²) in [4.78, 5) is 0. The second-order valence-electron chi connectivity index (χ2n) is 3.04. The lowest BCUT2D eigenvalue weighted by Crippen LogP contribution is -2.11. The molecule has 0 bridgehead atoms. The van der Waals surface area contributed by atoms with Gasteiger partial charge >= 0.3 is 0 Å². The number of benzene rings is 1. The Bertz CT molecular complexity index is 299. The Labute approximate surface area is 83.5 Å². The van der Waals surface area contributed by atoms with Gasteiger partial charge in [-0.25, -0.2) is 0 Å². The van der Waals surface area contributed by atoms with Gasteiger partial charge in [0.25, 0.3) is 0 Å². The standard InChI is InChI=1S/C10H14ClNO/c1-7-3-4-9(11)10(13)8(7)5-6-12-2/h3-4,12-13H,5-6H2,1-2H3. The molecule has 0 atom stereocenters. The molecule has 0 amide bonds. The second kappa shape index (κ2) is 4.49. The van der Waals surface area contributed by atoms with Gasteiger partial charge in [-0.05, 0) is 44.1 Å². The lowest BCUT2D eigenvalue weighted by Gasteiger charge is -2.09. The van der Waals surface area contributed by atoms with E-state index < -0.39 is 0 Å². The number of aryl methyl sites for hydroxylation is 1. The maximum atomic E-state index is 9.65. The molecule has 1 rings (SSSR count). The SMILES string of the molecule is CNCCc1c(C)ccc(Cl)c1O. The molecule has 0 fully saturated rings. The molecule has 72 valence electrons. The van der Waals surface area contributed by atoms with Crippen LogP contribution in [-0.2, 0) is 6.42 Å². The average molecular weight is 200 g/mol. The van der Waals surface area contributed by atoms with E-state index in [1.54, 1.807) is 6.07 Å². The molecular formula is C10H14ClNO. The molecule has 2 N–H and O–H groups in total. The van der Waals surface area contributed by atoms with Crippen LogP contribution in [0, 0.1) is 6.92 Å². The Morgan fingerprint density at radius 3 is 2.77 bits per heavy atom. The Balaban J connectivity index is 2.96. The number of hydrogen-bond acceptors (Lipinski definition) is 2. The minimum Gasteiger partial charge on any atom is -0.506 e. The fourth-order valence-electron chi connectivity index (χ4n) is 1.27. The van der Waals surface area contributed by atoms with Gasteiger partial charge in [0, 0.05) is 0 Å². The second-order valence-corrected chi connectivity index (χ2v) is 3.45. The lowest BCUT2D eigenvalue weighted by atomic mass is 10.0. The van der Waals surface area contributed by atoms with Crippen LogP contribution in [0.5, 0.6) is 5.75 Å². The molecule has 0 unspecified atom stereocenters. The van der Waals surface area contributed by atoms with Crippen molar-refractivity contribution in [3.63, 3.8) is 0 Å². The molecule has 13 heavy (non-hydrogen) atoms. The zero-order valence-electron chi connectivity index (χ0n) is 7.89. The fourth-order valence-corrected chi connectivity index (χ4v) is 1.45. The Kier molecular flexibility index (Phi) is 3.58. The Morgan fingerprint density at radius 1 is 1.46 bits per heavy atom. The van der Waals surface area contributed by atoms with Crippen LogP contribution in [0.25, 0.3) is 0 Å². The van der Waals surface area contributed by atoms with Crippen molar-refractivity contribution in [2.75, 3.05) is 13.6 Å². The topological polar surface area (TPSA) is 32.3 Å². The van der Waals surface area contributed by atoms with E-state index in [1.165, 1.54) is 0 Å². The van der Waals surface area contributed by atoms with E-state index in [0.29, 0.717) is 5.02 Å². The Morgan fingerprint density at radius 2 is 2.15 bits per heavy atom. The summed E-state index contributed by atoms with van der Waals surface area (Å²) in [5, 5.41) is 13.1. The molecule has 0 aliphatic rings. The number of phenolic OH excluding ortho intramolecular Hbond substituents is 1. The van der Waals surface area contributed by atoms with Gasteiger partial charge in [0.1, 0.15) is 5.75 Å². The smallest absolute Gasteiger partial charge is 0.137 e. The summed E-state index contributed by atoms with van der Waals surface area (Å²) in [7, 11) is 1.89. The normalized spacial score (nSPS) is 10.4. The van der Waals surface area contributed by atoms with E-state index in [1.807, 2.05) is 20.0 Å². The molecule has 3 heteroatoms. The van der Waals surface area contributed by atoms with Crippen LogP contribution in [-0.4, -0.2) is 18.7 Å². The first-order valence-electron chi connectivity index (χ1n) is 4.28. The van der Waals surface area contributed by atoms with Gasteiger partial charge in [0.2, 0.25) is 0 Å². The molecule has 0 aliphatic heterocycles. The maximum absolute atomic E-state index is 9.65. The van der Waals surface area contributed by atoms with Gasteiger partial charge in [0.15, 0.2) is 0 Å². The predicted molar refractivity (Wildman–Crippen MR) is 55.5 cm³/mol. The lowest BCUT2D eigenvalue weighted by molar-refractivity contribution is 0.467. The molecule has 1 aromatic rings. The van der Waals surface area contributed by atoms with Crippen LogP contribution < -0.4 is 5.32 Å². The number of nitrogens with one attached hydrogen (secondary N) is 1. The number of halogens is 1. The van der Waals surface area contributed by atoms with Crippen molar-refractivity contribution in [1.82, 2.24) is 5.32 Å². The quantitative estimate of drug-likeness (QED) is 0.782. The largest absolute Gasteiger partial charge is 0.506 e. The van der Waals surface area contributed by atoms with E-state index >= 15 is 0 Å². The molecule has 0 aromatic heterocycles. The van der Waals surface area contributed by atoms with Crippen molar-refractivity contribution in [1.29, 1.82) is 0 Å². The first-order valence-corrected chi connectivity index (χ1v) is 4.66. The number of hydrogen-bond donors (Lipinski definition) is 2. The van der Waals surface area contributed by atoms with Crippen molar-refractivity contribution in [2.45, 2.75) is 13.3 Å². The van der Waals surface area contributed by atoms with Crippen LogP contribution >= 0.6 is 11.6 Å². The minimum absolute atomic E-state index is 0.219. The van der Waals surface area contributed by atoms with Gasteiger partial charge in [-0.15, -0.1) is 0 Å². The number of likely N-dealkylation sites (N-methyl/N-ethyl adjacent to an activating group) is 1. The predicted octanol–water partition coefficient (Wildman–Crippen LogP) is 2.12. The van der Waals surface area contributed by atoms with Gasteiger partial charge < -0.3 is 10.4 Å². The Hall–Kier alpha value is -0.730. The zero-order chi connectivity index (χ0) is 9.84. The molecule has 0 heterocycles. The highest BCUT2D eigenvalue weighted by atomic mass is 35.5. The van der Waals surface area contributed by atoms with Gasteiger partial charge in [0.05, 0.1) is 5.02 Å². The molecule has 0 saturated heterocycles. The van der Waals surface area contributed by atoms with E-state index in [2.05, 4.69) is 5.32 Å². The summed E-state index contributed by atoms with van der Waals surface area (Å²) in [6, 6.07) is 3.64. The fraction of sp³-hybridized carbons (Fsp3) is 0.400. The van der Waals surface area contributed by atoms with Crippen molar-refractivity contribution in [3.8, 4) is 5.75 Å². The number of aromatic hydroxyl groups is 1. The van der Waals surface area contributed by atoms with Crippen molar-refractivity contribution < 1.29 is 5.11 Å². The van der Waals surface area contributed by atoms with Crippen molar-refractivity contribution in [2.24, 2.45) is 0 Å². The minimum atomic E-state index is 0.219. The van der Waals surface area contributed by atoms with Gasteiger partial charge in [-0.3, -0.25) is 0 Å². The van der Waals surface area contributed by atoms with E-state index in [0.717, 1.165) is 24.1 Å². The summed E-state index contributed by atoms with van der Waals surface area (Å²) in [6.45, 7) is 2.82. The third kappa shape index (κ3) is 2.36. The maximum Gasteiger partial charge on any atom is 0.137 e. The van der Waals surface area contributed by atoms with Crippen LogP contribution in [0.15, 0.2) is 12.1 Å². The van der Waals surface area contributed by atoms with Crippen molar-refractivity contribution >= 4 is 11.6 Å². The van der Waals surface area contributed by atoms with Crippen molar-refractivity contribution in [3.05, 3.63) is 28.3 Å². The zero-order valence-corrected chi connectivity index (χ0v) is 8.65.